The number of hydrogen-bond donors (Lipinski definition) is 1. The van der Waals surface area contributed by atoms with E-state index >= 15 is 0 Å². The summed E-state index contributed by atoms with van der Waals surface area (Å²) in [5.74, 6) is -0.927. The quantitative estimate of drug-likeness (QED) is 0.786. The Bertz CT molecular complexity index is 1010. The van der Waals surface area contributed by atoms with Crippen LogP contribution in [0.5, 0.6) is 0 Å². The summed E-state index contributed by atoms with van der Waals surface area (Å²) in [7, 11) is 1.70. The number of amides is 2. The van der Waals surface area contributed by atoms with Gasteiger partial charge in [0.1, 0.15) is 5.82 Å². The van der Waals surface area contributed by atoms with Gasteiger partial charge in [-0.25, -0.2) is 9.38 Å². The molecule has 1 saturated heterocycles. The van der Waals surface area contributed by atoms with Gasteiger partial charge in [-0.2, -0.15) is 0 Å². The van der Waals surface area contributed by atoms with Gasteiger partial charge in [0.05, 0.1) is 21.9 Å². The van der Waals surface area contributed by atoms with Gasteiger partial charge in [0.2, 0.25) is 0 Å². The molecule has 130 valence electrons. The highest BCUT2D eigenvalue weighted by Crippen LogP contribution is 2.43. The highest BCUT2D eigenvalue weighted by atomic mass is 32.2. The van der Waals surface area contributed by atoms with Crippen molar-refractivity contribution in [1.82, 2.24) is 5.32 Å². The second-order valence-corrected chi connectivity index (χ2v) is 6.99. The van der Waals surface area contributed by atoms with E-state index in [2.05, 4.69) is 10.3 Å². The topological polar surface area (TPSA) is 61.8 Å². The number of thioether (sulfide) groups is 1. The molecule has 0 unspecified atom stereocenters. The van der Waals surface area contributed by atoms with Gasteiger partial charge in [0.15, 0.2) is 5.17 Å². The number of para-hydroxylation sites is 1. The molecular formula is C19H14FN3O2S. The smallest absolute Gasteiger partial charge is 0.264 e. The van der Waals surface area contributed by atoms with Crippen molar-refractivity contribution in [2.75, 3.05) is 11.9 Å². The summed E-state index contributed by atoms with van der Waals surface area (Å²) in [4.78, 5) is 31.4. The van der Waals surface area contributed by atoms with Crippen LogP contribution in [0, 0.1) is 12.7 Å². The summed E-state index contributed by atoms with van der Waals surface area (Å²) >= 11 is 1.12. The van der Waals surface area contributed by atoms with Crippen molar-refractivity contribution in [3.05, 3.63) is 64.3 Å². The van der Waals surface area contributed by atoms with Crippen molar-refractivity contribution in [2.45, 2.75) is 6.92 Å². The molecule has 0 spiro atoms. The maximum atomic E-state index is 13.0. The first-order valence-electron chi connectivity index (χ1n) is 7.91. The molecule has 2 aliphatic rings. The Kier molecular flexibility index (Phi) is 3.88. The fourth-order valence-electron chi connectivity index (χ4n) is 3.08. The number of benzene rings is 2. The number of carbonyl (C=O) groups excluding carboxylic acids is 2. The molecule has 0 aliphatic carbocycles. The highest BCUT2D eigenvalue weighted by Gasteiger charge is 2.38. The second kappa shape index (κ2) is 6.10. The third-order valence-electron chi connectivity index (χ3n) is 4.27. The van der Waals surface area contributed by atoms with Gasteiger partial charge < -0.3 is 10.2 Å². The van der Waals surface area contributed by atoms with Crippen molar-refractivity contribution < 1.29 is 14.0 Å². The molecule has 0 bridgehead atoms. The first kappa shape index (κ1) is 16.5. The summed E-state index contributed by atoms with van der Waals surface area (Å²) in [6.45, 7) is 1.93. The number of aliphatic imine (C=N–C) groups is 1. The first-order chi connectivity index (χ1) is 12.5. The molecule has 26 heavy (non-hydrogen) atoms. The van der Waals surface area contributed by atoms with E-state index in [-0.39, 0.29) is 17.6 Å². The van der Waals surface area contributed by atoms with Crippen molar-refractivity contribution in [3.63, 3.8) is 0 Å². The Morgan fingerprint density at radius 1 is 1.12 bits per heavy atom. The fourth-order valence-corrected chi connectivity index (χ4v) is 4.01. The van der Waals surface area contributed by atoms with E-state index in [9.17, 15) is 14.0 Å². The van der Waals surface area contributed by atoms with E-state index in [1.807, 2.05) is 25.1 Å². The third kappa shape index (κ3) is 2.61. The number of rotatable bonds is 1. The zero-order chi connectivity index (χ0) is 18.4. The molecule has 2 aromatic rings. The Morgan fingerprint density at radius 3 is 2.58 bits per heavy atom. The Balaban J connectivity index is 1.77. The van der Waals surface area contributed by atoms with Gasteiger partial charge >= 0.3 is 0 Å². The molecule has 0 atom stereocenters. The number of likely N-dealkylation sites (N-methyl/N-ethyl adjacent to an activating group) is 1. The molecule has 4 rings (SSSR count). The number of anilines is 1. The molecular weight excluding hydrogens is 353 g/mol. The lowest BCUT2D eigenvalue weighted by molar-refractivity contribution is -0.116. The van der Waals surface area contributed by atoms with Crippen molar-refractivity contribution >= 4 is 45.7 Å². The molecule has 1 fully saturated rings. The first-order valence-corrected chi connectivity index (χ1v) is 8.73. The van der Waals surface area contributed by atoms with E-state index < -0.39 is 0 Å². The van der Waals surface area contributed by atoms with Crippen LogP contribution in [0.15, 0.2) is 52.4 Å². The molecule has 0 radical (unpaired) electrons. The van der Waals surface area contributed by atoms with Crippen molar-refractivity contribution in [1.29, 1.82) is 0 Å². The predicted molar refractivity (Wildman–Crippen MR) is 101 cm³/mol. The van der Waals surface area contributed by atoms with E-state index in [0.717, 1.165) is 28.6 Å². The lowest BCUT2D eigenvalue weighted by atomic mass is 10.0. The minimum absolute atomic E-state index is 0.213. The summed E-state index contributed by atoms with van der Waals surface area (Å²) in [6, 6.07) is 11.3. The number of aryl methyl sites for hydroxylation is 1. The van der Waals surface area contributed by atoms with Crippen LogP contribution in [-0.2, 0) is 9.59 Å². The Morgan fingerprint density at radius 2 is 1.85 bits per heavy atom. The van der Waals surface area contributed by atoms with Gasteiger partial charge in [0, 0.05) is 12.6 Å². The molecule has 2 amide bonds. The molecule has 5 nitrogen and oxygen atoms in total. The Labute approximate surface area is 153 Å². The number of hydrogen-bond acceptors (Lipinski definition) is 4. The lowest BCUT2D eigenvalue weighted by Crippen LogP contribution is -2.23. The predicted octanol–water partition coefficient (Wildman–Crippen LogP) is 3.37. The van der Waals surface area contributed by atoms with E-state index in [1.165, 1.54) is 24.3 Å². The standard InChI is InChI=1S/C19H14FN3O2S/c1-10-4-3-5-13-14(18(25)23(2)15(10)13)16-17(24)22-19(26-16)21-12-8-6-11(20)7-9-12/h3-9H,1-2H3,(H,21,22,24). The molecule has 0 aromatic heterocycles. The molecule has 0 saturated carbocycles. The monoisotopic (exact) mass is 367 g/mol. The second-order valence-electron chi connectivity index (χ2n) is 5.99. The molecule has 1 N–H and O–H groups in total. The number of fused-ring (bicyclic) bond motifs is 1. The van der Waals surface area contributed by atoms with Gasteiger partial charge in [0.25, 0.3) is 11.8 Å². The minimum Gasteiger partial charge on any atom is -0.310 e. The van der Waals surface area contributed by atoms with Crippen LogP contribution in [0.3, 0.4) is 0 Å². The summed E-state index contributed by atoms with van der Waals surface area (Å²) in [6.07, 6.45) is 0. The van der Waals surface area contributed by atoms with Crippen molar-refractivity contribution in [2.24, 2.45) is 4.99 Å². The molecule has 2 heterocycles. The van der Waals surface area contributed by atoms with E-state index in [1.54, 1.807) is 11.9 Å². The summed E-state index contributed by atoms with van der Waals surface area (Å²) in [5.41, 5.74) is 3.44. The Hall–Kier alpha value is -2.93. The number of nitrogens with one attached hydrogen (secondary N) is 1. The zero-order valence-electron chi connectivity index (χ0n) is 14.0. The summed E-state index contributed by atoms with van der Waals surface area (Å²) < 4.78 is 13.0. The van der Waals surface area contributed by atoms with Crippen LogP contribution in [0.4, 0.5) is 15.8 Å². The van der Waals surface area contributed by atoms with Crippen LogP contribution in [-0.4, -0.2) is 24.0 Å². The minimum atomic E-state index is -0.359. The van der Waals surface area contributed by atoms with E-state index in [0.29, 0.717) is 21.3 Å². The van der Waals surface area contributed by atoms with Crippen LogP contribution in [0.2, 0.25) is 0 Å². The SMILES string of the molecule is Cc1cccc2c1N(C)C(=O)C2=C1SC(=Nc2ccc(F)cc2)NC1=O. The zero-order valence-corrected chi connectivity index (χ0v) is 14.9. The van der Waals surface area contributed by atoms with Crippen LogP contribution in [0.25, 0.3) is 5.57 Å². The van der Waals surface area contributed by atoms with Crippen molar-refractivity contribution in [3.8, 4) is 0 Å². The number of amidine groups is 1. The normalized spacial score (nSPS) is 20.7. The lowest BCUT2D eigenvalue weighted by Gasteiger charge is -2.11. The molecule has 2 aliphatic heterocycles. The van der Waals surface area contributed by atoms with Gasteiger partial charge in [-0.15, -0.1) is 0 Å². The average molecular weight is 367 g/mol. The third-order valence-corrected chi connectivity index (χ3v) is 5.25. The number of halogens is 1. The summed E-state index contributed by atoms with van der Waals surface area (Å²) in [5, 5.41) is 3.04. The fraction of sp³-hybridized carbons (Fsp3) is 0.105. The van der Waals surface area contributed by atoms with Gasteiger partial charge in [-0.3, -0.25) is 9.59 Å². The van der Waals surface area contributed by atoms with Crippen LogP contribution < -0.4 is 10.2 Å². The van der Waals surface area contributed by atoms with Crippen LogP contribution in [0.1, 0.15) is 11.1 Å². The largest absolute Gasteiger partial charge is 0.310 e. The highest BCUT2D eigenvalue weighted by molar-refractivity contribution is 8.18. The molecule has 2 aromatic carbocycles. The number of nitrogens with zero attached hydrogens (tertiary/aromatic N) is 2. The average Bonchev–Trinajstić information content (AvgIpc) is 3.08. The van der Waals surface area contributed by atoms with E-state index in [4.69, 9.17) is 0 Å². The maximum absolute atomic E-state index is 13.0. The maximum Gasteiger partial charge on any atom is 0.264 e. The number of carbonyl (C=O) groups is 2. The molecule has 7 heteroatoms. The van der Waals surface area contributed by atoms with Crippen LogP contribution >= 0.6 is 11.8 Å². The van der Waals surface area contributed by atoms with Gasteiger partial charge in [-0.05, 0) is 48.5 Å². The van der Waals surface area contributed by atoms with Gasteiger partial charge in [-0.1, -0.05) is 18.2 Å².